The molecule has 154 valence electrons. The maximum Gasteiger partial charge on any atom is 0.251 e. The van der Waals surface area contributed by atoms with Crippen LogP contribution < -0.4 is 10.9 Å². The van der Waals surface area contributed by atoms with Crippen LogP contribution in [-0.2, 0) is 16.1 Å². The summed E-state index contributed by atoms with van der Waals surface area (Å²) in [7, 11) is 0. The van der Waals surface area contributed by atoms with E-state index in [1.54, 1.807) is 22.5 Å². The molecule has 5 rings (SSSR count). The second-order valence-corrected chi connectivity index (χ2v) is 8.29. The smallest absolute Gasteiger partial charge is 0.251 e. The highest BCUT2D eigenvalue weighted by molar-refractivity contribution is 5.85. The summed E-state index contributed by atoms with van der Waals surface area (Å²) in [6.45, 7) is 3.04. The van der Waals surface area contributed by atoms with Crippen molar-refractivity contribution in [2.24, 2.45) is 5.92 Å². The van der Waals surface area contributed by atoms with Gasteiger partial charge in [-0.05, 0) is 30.2 Å². The predicted octanol–water partition coefficient (Wildman–Crippen LogP) is 2.15. The number of piperidine rings is 1. The van der Waals surface area contributed by atoms with Gasteiger partial charge in [-0.3, -0.25) is 19.0 Å². The van der Waals surface area contributed by atoms with E-state index >= 15 is 0 Å². The molecule has 3 aromatic rings. The maximum atomic E-state index is 13.4. The summed E-state index contributed by atoms with van der Waals surface area (Å²) in [6.07, 6.45) is 2.68. The molecule has 2 amide bonds. The van der Waals surface area contributed by atoms with Gasteiger partial charge in [0.2, 0.25) is 11.8 Å². The number of rotatable bonds is 3. The molecule has 3 atom stereocenters. The number of aromatic nitrogens is 2. The molecule has 30 heavy (non-hydrogen) atoms. The van der Waals surface area contributed by atoms with Crippen molar-refractivity contribution in [1.29, 1.82) is 0 Å². The first kappa shape index (κ1) is 18.7. The predicted molar refractivity (Wildman–Crippen MR) is 113 cm³/mol. The number of carbonyl (C=O) groups excluding carboxylic acids is 2. The van der Waals surface area contributed by atoms with Crippen molar-refractivity contribution in [3.05, 3.63) is 70.3 Å². The van der Waals surface area contributed by atoms with Crippen LogP contribution in [0.4, 0.5) is 0 Å². The number of nitrogens with one attached hydrogen (secondary N) is 2. The van der Waals surface area contributed by atoms with Gasteiger partial charge in [0.05, 0.1) is 0 Å². The fraction of sp³-hybridized carbons (Fsp3) is 0.348. The van der Waals surface area contributed by atoms with Gasteiger partial charge in [-0.25, -0.2) is 0 Å². The molecule has 2 N–H and O–H groups in total. The van der Waals surface area contributed by atoms with Crippen molar-refractivity contribution in [3.8, 4) is 0 Å². The van der Waals surface area contributed by atoms with Crippen molar-refractivity contribution in [3.63, 3.8) is 0 Å². The van der Waals surface area contributed by atoms with Crippen molar-refractivity contribution >= 4 is 22.7 Å². The van der Waals surface area contributed by atoms with Crippen LogP contribution in [0.5, 0.6) is 0 Å². The van der Waals surface area contributed by atoms with Gasteiger partial charge in [0.15, 0.2) is 0 Å². The normalized spacial score (nSPS) is 22.6. The van der Waals surface area contributed by atoms with Crippen molar-refractivity contribution < 1.29 is 9.59 Å². The number of H-pyrrole nitrogens is 1. The van der Waals surface area contributed by atoms with Gasteiger partial charge in [-0.15, -0.1) is 0 Å². The zero-order valence-corrected chi connectivity index (χ0v) is 16.8. The Balaban J connectivity index is 1.47. The number of likely N-dealkylation sites (tertiary alicyclic amines) is 1. The van der Waals surface area contributed by atoms with E-state index in [-0.39, 0.29) is 29.2 Å². The third-order valence-electron chi connectivity index (χ3n) is 6.50. The fourth-order valence-corrected chi connectivity index (χ4v) is 5.12. The third kappa shape index (κ3) is 3.01. The highest BCUT2D eigenvalue weighted by Gasteiger charge is 2.44. The van der Waals surface area contributed by atoms with E-state index in [4.69, 9.17) is 0 Å². The number of hydrogen-bond acceptors (Lipinski definition) is 3. The standard InChI is InChI=1S/C23H24N4O3/c1-14(28)26-12-16-10-17(13-26)22(27-20(16)6-3-7-21(27)29)23(30)25-11-15-4-2-5-19-18(15)8-9-24-19/h2-9,16-17,22,24H,10-13H2,1H3,(H,25,30)/t16-,17+,22-/m1/s1. The van der Waals surface area contributed by atoms with Crippen LogP contribution in [0.2, 0.25) is 0 Å². The van der Waals surface area contributed by atoms with Gasteiger partial charge < -0.3 is 15.2 Å². The van der Waals surface area contributed by atoms with Crippen LogP contribution in [0.1, 0.15) is 36.6 Å². The van der Waals surface area contributed by atoms with E-state index in [1.165, 1.54) is 6.07 Å². The SMILES string of the molecule is CC(=O)N1C[C@H]2C[C@@H](C1)[C@H](C(=O)NCc1cccc3[nH]ccc13)n1c2cccc1=O. The van der Waals surface area contributed by atoms with Gasteiger partial charge >= 0.3 is 0 Å². The molecular formula is C23H24N4O3. The van der Waals surface area contributed by atoms with E-state index in [1.807, 2.05) is 36.5 Å². The Kier molecular flexibility index (Phi) is 4.46. The van der Waals surface area contributed by atoms with Crippen LogP contribution in [0.15, 0.2) is 53.5 Å². The molecule has 4 heterocycles. The van der Waals surface area contributed by atoms with Crippen LogP contribution in [0, 0.1) is 5.92 Å². The lowest BCUT2D eigenvalue weighted by Gasteiger charge is -2.46. The molecule has 7 heteroatoms. The number of carbonyl (C=O) groups is 2. The van der Waals surface area contributed by atoms with E-state index < -0.39 is 6.04 Å². The summed E-state index contributed by atoms with van der Waals surface area (Å²) in [5.41, 5.74) is 2.72. The first-order chi connectivity index (χ1) is 14.5. The number of aromatic amines is 1. The zero-order chi connectivity index (χ0) is 20.8. The van der Waals surface area contributed by atoms with E-state index in [0.29, 0.717) is 19.6 Å². The number of nitrogens with zero attached hydrogens (tertiary/aromatic N) is 2. The van der Waals surface area contributed by atoms with Gasteiger partial charge in [-0.1, -0.05) is 18.2 Å². The number of hydrogen-bond donors (Lipinski definition) is 2. The Bertz CT molecular complexity index is 1190. The Morgan fingerprint density at radius 2 is 1.97 bits per heavy atom. The average molecular weight is 404 g/mol. The molecule has 1 aromatic carbocycles. The Morgan fingerprint density at radius 1 is 1.13 bits per heavy atom. The number of benzene rings is 1. The van der Waals surface area contributed by atoms with Crippen LogP contribution in [0.25, 0.3) is 10.9 Å². The molecule has 2 aromatic heterocycles. The summed E-state index contributed by atoms with van der Waals surface area (Å²) in [5, 5.41) is 4.12. The molecule has 0 unspecified atom stereocenters. The quantitative estimate of drug-likeness (QED) is 0.701. The molecular weight excluding hydrogens is 380 g/mol. The molecule has 0 spiro atoms. The lowest BCUT2D eigenvalue weighted by molar-refractivity contribution is -0.135. The maximum absolute atomic E-state index is 13.4. The fourth-order valence-electron chi connectivity index (χ4n) is 5.12. The minimum Gasteiger partial charge on any atom is -0.361 e. The Hall–Kier alpha value is -3.35. The minimum atomic E-state index is -0.613. The second-order valence-electron chi connectivity index (χ2n) is 8.29. The van der Waals surface area contributed by atoms with Crippen LogP contribution in [0.3, 0.4) is 0 Å². The lowest BCUT2D eigenvalue weighted by atomic mass is 9.78. The summed E-state index contributed by atoms with van der Waals surface area (Å²) >= 11 is 0. The Labute approximate surface area is 173 Å². The monoisotopic (exact) mass is 404 g/mol. The Morgan fingerprint density at radius 3 is 2.80 bits per heavy atom. The van der Waals surface area contributed by atoms with Crippen molar-refractivity contribution in [2.75, 3.05) is 13.1 Å². The number of fused-ring (bicyclic) bond motifs is 5. The minimum absolute atomic E-state index is 0.00900. The molecule has 0 saturated carbocycles. The highest BCUT2D eigenvalue weighted by atomic mass is 16.2. The average Bonchev–Trinajstić information content (AvgIpc) is 3.22. The summed E-state index contributed by atoms with van der Waals surface area (Å²) in [6, 6.07) is 12.5. The molecule has 7 nitrogen and oxygen atoms in total. The van der Waals surface area contributed by atoms with Gasteiger partial charge in [-0.2, -0.15) is 0 Å². The van der Waals surface area contributed by atoms with Crippen molar-refractivity contribution in [1.82, 2.24) is 19.8 Å². The van der Waals surface area contributed by atoms with E-state index in [0.717, 1.165) is 28.6 Å². The first-order valence-corrected chi connectivity index (χ1v) is 10.3. The molecule has 1 fully saturated rings. The zero-order valence-electron chi connectivity index (χ0n) is 16.8. The molecule has 2 aliphatic rings. The first-order valence-electron chi connectivity index (χ1n) is 10.3. The van der Waals surface area contributed by atoms with Crippen LogP contribution in [-0.4, -0.2) is 39.4 Å². The molecule has 1 saturated heterocycles. The largest absolute Gasteiger partial charge is 0.361 e. The molecule has 2 aliphatic heterocycles. The molecule has 0 aliphatic carbocycles. The topological polar surface area (TPSA) is 87.2 Å². The third-order valence-corrected chi connectivity index (χ3v) is 6.50. The number of amides is 2. The van der Waals surface area contributed by atoms with Gasteiger partial charge in [0.25, 0.3) is 5.56 Å². The van der Waals surface area contributed by atoms with Gasteiger partial charge in [0.1, 0.15) is 6.04 Å². The molecule has 2 bridgehead atoms. The summed E-state index contributed by atoms with van der Waals surface area (Å²) in [5.74, 6) is -0.164. The molecule has 0 radical (unpaired) electrons. The second kappa shape index (κ2) is 7.16. The summed E-state index contributed by atoms with van der Waals surface area (Å²) in [4.78, 5) is 43.1. The van der Waals surface area contributed by atoms with Gasteiger partial charge in [0, 0.05) is 67.3 Å². The highest BCUT2D eigenvalue weighted by Crippen LogP contribution is 2.41. The van der Waals surface area contributed by atoms with E-state index in [9.17, 15) is 14.4 Å². The van der Waals surface area contributed by atoms with Crippen LogP contribution >= 0.6 is 0 Å². The number of pyridine rings is 1. The summed E-state index contributed by atoms with van der Waals surface area (Å²) < 4.78 is 1.66. The lowest BCUT2D eigenvalue weighted by Crippen LogP contribution is -2.54. The van der Waals surface area contributed by atoms with E-state index in [2.05, 4.69) is 10.3 Å². The van der Waals surface area contributed by atoms with Crippen molar-refractivity contribution in [2.45, 2.75) is 31.8 Å².